The Labute approximate surface area is 158 Å². The smallest absolute Gasteiger partial charge is 0.248 e. The number of rotatable bonds is 9. The first-order valence-corrected chi connectivity index (χ1v) is 10.1. The van der Waals surface area contributed by atoms with Gasteiger partial charge in [0.1, 0.15) is 6.10 Å². The van der Waals surface area contributed by atoms with E-state index >= 15 is 0 Å². The summed E-state index contributed by atoms with van der Waals surface area (Å²) < 4.78 is 5.61. The lowest BCUT2D eigenvalue weighted by Crippen LogP contribution is -2.37. The molecule has 0 bridgehead atoms. The topological polar surface area (TPSA) is 54.1 Å². The number of nitrogens with one attached hydrogen (secondary N) is 2. The molecular formula is C21H26N2O2S. The van der Waals surface area contributed by atoms with Gasteiger partial charge in [0, 0.05) is 41.0 Å². The Balaban J connectivity index is 1.73. The lowest BCUT2D eigenvalue weighted by molar-refractivity contribution is -0.131. The molecule has 1 amide bonds. The van der Waals surface area contributed by atoms with Crippen LogP contribution in [0.1, 0.15) is 43.0 Å². The minimum atomic E-state index is -0.423. The van der Waals surface area contributed by atoms with Crippen molar-refractivity contribution in [3.63, 3.8) is 0 Å². The Hall–Kier alpha value is -2.11. The average Bonchev–Trinajstić information content (AvgIpc) is 3.32. The number of carbonyl (C=O) groups is 1. The predicted molar refractivity (Wildman–Crippen MR) is 108 cm³/mol. The van der Waals surface area contributed by atoms with Gasteiger partial charge in [-0.15, -0.1) is 11.3 Å². The summed E-state index contributed by atoms with van der Waals surface area (Å²) in [7, 11) is 0. The molecule has 3 rings (SSSR count). The first-order valence-electron chi connectivity index (χ1n) is 9.19. The first-order chi connectivity index (χ1) is 12.7. The van der Waals surface area contributed by atoms with Gasteiger partial charge in [0.25, 0.3) is 0 Å². The fourth-order valence-corrected chi connectivity index (χ4v) is 3.91. The molecule has 0 radical (unpaired) electrons. The van der Waals surface area contributed by atoms with Crippen molar-refractivity contribution in [2.24, 2.45) is 0 Å². The minimum Gasteiger partial charge on any atom is -0.369 e. The number of H-pyrrole nitrogens is 1. The lowest BCUT2D eigenvalue weighted by Gasteiger charge is -2.18. The number of unbranched alkanes of at least 4 members (excludes halogenated alkanes) is 1. The van der Waals surface area contributed by atoms with E-state index in [0.717, 1.165) is 18.4 Å². The Kier molecular flexibility index (Phi) is 6.47. The summed E-state index contributed by atoms with van der Waals surface area (Å²) in [6.45, 7) is 5.11. The van der Waals surface area contributed by atoms with Gasteiger partial charge in [-0.25, -0.2) is 0 Å². The van der Waals surface area contributed by atoms with Crippen molar-refractivity contribution in [2.45, 2.75) is 38.7 Å². The van der Waals surface area contributed by atoms with Crippen molar-refractivity contribution in [2.75, 3.05) is 13.2 Å². The van der Waals surface area contributed by atoms with Crippen LogP contribution in [0.15, 0.2) is 48.0 Å². The average molecular weight is 371 g/mol. The molecule has 5 heteroatoms. The third kappa shape index (κ3) is 4.34. The quantitative estimate of drug-likeness (QED) is 0.537. The molecule has 0 aliphatic heterocycles. The summed E-state index contributed by atoms with van der Waals surface area (Å²) in [6, 6.07) is 12.5. The summed E-state index contributed by atoms with van der Waals surface area (Å²) >= 11 is 1.72. The van der Waals surface area contributed by atoms with Crippen LogP contribution in [0, 0.1) is 0 Å². The molecule has 1 aromatic carbocycles. The van der Waals surface area contributed by atoms with Crippen molar-refractivity contribution in [3.05, 3.63) is 58.4 Å². The number of amides is 1. The van der Waals surface area contributed by atoms with Crippen LogP contribution in [0.25, 0.3) is 10.9 Å². The normalized spacial score (nSPS) is 13.6. The molecule has 2 unspecified atom stereocenters. The highest BCUT2D eigenvalue weighted by molar-refractivity contribution is 7.10. The van der Waals surface area contributed by atoms with Gasteiger partial charge in [-0.1, -0.05) is 37.6 Å². The Morgan fingerprint density at radius 2 is 2.12 bits per heavy atom. The number of para-hydroxylation sites is 1. The Bertz CT molecular complexity index is 826. The van der Waals surface area contributed by atoms with Crippen LogP contribution in [0.3, 0.4) is 0 Å². The van der Waals surface area contributed by atoms with E-state index in [1.807, 2.05) is 19.1 Å². The van der Waals surface area contributed by atoms with Crippen molar-refractivity contribution in [1.29, 1.82) is 0 Å². The van der Waals surface area contributed by atoms with Crippen LogP contribution < -0.4 is 5.32 Å². The third-order valence-electron chi connectivity index (χ3n) is 4.60. The molecule has 2 N–H and O–H groups in total. The zero-order chi connectivity index (χ0) is 18.4. The summed E-state index contributed by atoms with van der Waals surface area (Å²) in [5, 5.41) is 6.36. The van der Waals surface area contributed by atoms with E-state index in [1.54, 1.807) is 11.3 Å². The molecule has 3 aromatic rings. The number of ether oxygens (including phenoxy) is 1. The highest BCUT2D eigenvalue weighted by Crippen LogP contribution is 2.32. The van der Waals surface area contributed by atoms with Gasteiger partial charge in [0.15, 0.2) is 0 Å². The second kappa shape index (κ2) is 9.01. The van der Waals surface area contributed by atoms with Crippen molar-refractivity contribution >= 4 is 28.1 Å². The molecule has 138 valence electrons. The summed E-state index contributed by atoms with van der Waals surface area (Å²) in [5.74, 6) is 0.0699. The molecule has 0 aliphatic rings. The van der Waals surface area contributed by atoms with Gasteiger partial charge in [-0.05, 0) is 36.4 Å². The van der Waals surface area contributed by atoms with Crippen molar-refractivity contribution in [3.8, 4) is 0 Å². The zero-order valence-electron chi connectivity index (χ0n) is 15.3. The largest absolute Gasteiger partial charge is 0.369 e. The number of carbonyl (C=O) groups excluding carboxylic acids is 1. The molecular weight excluding hydrogens is 344 g/mol. The highest BCUT2D eigenvalue weighted by Gasteiger charge is 2.21. The monoisotopic (exact) mass is 370 g/mol. The van der Waals surface area contributed by atoms with Gasteiger partial charge in [0.2, 0.25) is 5.91 Å². The number of hydrogen-bond donors (Lipinski definition) is 2. The number of aromatic amines is 1. The van der Waals surface area contributed by atoms with Gasteiger partial charge in [-0.2, -0.15) is 0 Å². The van der Waals surface area contributed by atoms with Gasteiger partial charge in [-0.3, -0.25) is 4.79 Å². The second-order valence-electron chi connectivity index (χ2n) is 6.47. The van der Waals surface area contributed by atoms with Crippen LogP contribution >= 0.6 is 11.3 Å². The van der Waals surface area contributed by atoms with Gasteiger partial charge >= 0.3 is 0 Å². The van der Waals surface area contributed by atoms with E-state index in [-0.39, 0.29) is 11.8 Å². The number of fused-ring (bicyclic) bond motifs is 1. The molecule has 26 heavy (non-hydrogen) atoms. The lowest BCUT2D eigenvalue weighted by atomic mass is 9.96. The summed E-state index contributed by atoms with van der Waals surface area (Å²) in [4.78, 5) is 17.0. The molecule has 2 atom stereocenters. The molecule has 0 fully saturated rings. The maximum Gasteiger partial charge on any atom is 0.248 e. The second-order valence-corrected chi connectivity index (χ2v) is 7.45. The van der Waals surface area contributed by atoms with E-state index in [1.165, 1.54) is 15.8 Å². The molecule has 4 nitrogen and oxygen atoms in total. The van der Waals surface area contributed by atoms with E-state index in [9.17, 15) is 4.79 Å². The Morgan fingerprint density at radius 1 is 1.27 bits per heavy atom. The fourth-order valence-electron chi connectivity index (χ4n) is 3.06. The number of aromatic nitrogens is 1. The Morgan fingerprint density at radius 3 is 2.88 bits per heavy atom. The van der Waals surface area contributed by atoms with E-state index in [0.29, 0.717) is 13.2 Å². The summed E-state index contributed by atoms with van der Waals surface area (Å²) in [6.07, 6.45) is 3.68. The number of hydrogen-bond acceptors (Lipinski definition) is 3. The molecule has 0 saturated heterocycles. The minimum absolute atomic E-state index is 0.0532. The highest BCUT2D eigenvalue weighted by atomic mass is 32.1. The first kappa shape index (κ1) is 18.7. The number of thiophene rings is 1. The van der Waals surface area contributed by atoms with Crippen LogP contribution in [0.4, 0.5) is 0 Å². The predicted octanol–water partition coefficient (Wildman–Crippen LogP) is 4.68. The van der Waals surface area contributed by atoms with Crippen molar-refractivity contribution < 1.29 is 9.53 Å². The number of benzene rings is 1. The van der Waals surface area contributed by atoms with Crippen LogP contribution in [0.5, 0.6) is 0 Å². The zero-order valence-corrected chi connectivity index (χ0v) is 16.1. The molecule has 0 saturated carbocycles. The SMILES string of the molecule is CCCCOC(C)C(=O)NCC(c1cccs1)c1c[nH]c2ccccc12. The van der Waals surface area contributed by atoms with Gasteiger partial charge in [0.05, 0.1) is 0 Å². The molecule has 2 aromatic heterocycles. The standard InChI is InChI=1S/C21H26N2O2S/c1-3-4-11-25-15(2)21(24)23-14-18(20-10-7-12-26-20)17-13-22-19-9-6-5-8-16(17)19/h5-10,12-13,15,18,22H,3-4,11,14H2,1-2H3,(H,23,24). The van der Waals surface area contributed by atoms with E-state index in [4.69, 9.17) is 4.74 Å². The molecule has 0 aliphatic carbocycles. The van der Waals surface area contributed by atoms with Crippen LogP contribution in [-0.4, -0.2) is 30.1 Å². The van der Waals surface area contributed by atoms with Crippen molar-refractivity contribution in [1.82, 2.24) is 10.3 Å². The fraction of sp³-hybridized carbons (Fsp3) is 0.381. The van der Waals surface area contributed by atoms with Gasteiger partial charge < -0.3 is 15.0 Å². The van der Waals surface area contributed by atoms with Crippen LogP contribution in [0.2, 0.25) is 0 Å². The third-order valence-corrected chi connectivity index (χ3v) is 5.58. The summed E-state index contributed by atoms with van der Waals surface area (Å²) in [5.41, 5.74) is 2.33. The maximum atomic E-state index is 12.4. The van der Waals surface area contributed by atoms with Crippen LogP contribution in [-0.2, 0) is 9.53 Å². The van der Waals surface area contributed by atoms with E-state index in [2.05, 4.69) is 53.1 Å². The molecule has 2 heterocycles. The molecule has 0 spiro atoms. The van der Waals surface area contributed by atoms with E-state index < -0.39 is 6.10 Å². The maximum absolute atomic E-state index is 12.4.